The third kappa shape index (κ3) is 5.72. The molecule has 0 N–H and O–H groups in total. The molecule has 4 heteroatoms. The standard InChI is InChI=1S/C22H36O4/c23-21(25-15-17-9-3-1-4-10-17)19-13-7-8-14-20(19)22(24)26-16-18-11-5-2-6-12-18/h17-20H,1-16H2. The topological polar surface area (TPSA) is 52.6 Å². The lowest BCUT2D eigenvalue weighted by Gasteiger charge is -2.30. The molecule has 4 nitrogen and oxygen atoms in total. The molecule has 0 aliphatic heterocycles. The maximum Gasteiger partial charge on any atom is 0.309 e. The molecular formula is C22H36O4. The molecule has 0 spiro atoms. The molecule has 0 radical (unpaired) electrons. The zero-order valence-corrected chi connectivity index (χ0v) is 16.3. The molecule has 2 unspecified atom stereocenters. The Balaban J connectivity index is 1.46. The lowest BCUT2D eigenvalue weighted by atomic mass is 9.79. The van der Waals surface area contributed by atoms with Gasteiger partial charge in [0, 0.05) is 0 Å². The van der Waals surface area contributed by atoms with Crippen molar-refractivity contribution in [2.75, 3.05) is 13.2 Å². The Hall–Kier alpha value is -1.06. The molecule has 0 bridgehead atoms. The summed E-state index contributed by atoms with van der Waals surface area (Å²) in [6.45, 7) is 1.08. The summed E-state index contributed by atoms with van der Waals surface area (Å²) < 4.78 is 11.3. The van der Waals surface area contributed by atoms with Gasteiger partial charge in [0.25, 0.3) is 0 Å². The van der Waals surface area contributed by atoms with Gasteiger partial charge in [-0.2, -0.15) is 0 Å². The van der Waals surface area contributed by atoms with Gasteiger partial charge in [-0.1, -0.05) is 51.4 Å². The third-order valence-corrected chi connectivity index (χ3v) is 6.74. The summed E-state index contributed by atoms with van der Waals surface area (Å²) in [4.78, 5) is 25.3. The van der Waals surface area contributed by atoms with Gasteiger partial charge in [-0.3, -0.25) is 9.59 Å². The summed E-state index contributed by atoms with van der Waals surface area (Å²) in [5, 5.41) is 0. The highest BCUT2D eigenvalue weighted by atomic mass is 16.5. The Bertz CT molecular complexity index is 407. The zero-order chi connectivity index (χ0) is 18.2. The molecule has 0 heterocycles. The van der Waals surface area contributed by atoms with Gasteiger partial charge >= 0.3 is 11.9 Å². The third-order valence-electron chi connectivity index (χ3n) is 6.74. The van der Waals surface area contributed by atoms with E-state index in [9.17, 15) is 9.59 Å². The first-order chi connectivity index (χ1) is 12.7. The number of esters is 2. The van der Waals surface area contributed by atoms with E-state index in [0.717, 1.165) is 25.7 Å². The number of carbonyl (C=O) groups excluding carboxylic acids is 2. The normalized spacial score (nSPS) is 28.5. The summed E-state index contributed by atoms with van der Waals surface area (Å²) in [6, 6.07) is 0. The number of hydrogen-bond acceptors (Lipinski definition) is 4. The molecule has 0 aromatic rings. The predicted molar refractivity (Wildman–Crippen MR) is 101 cm³/mol. The average molecular weight is 365 g/mol. The smallest absolute Gasteiger partial charge is 0.309 e. The van der Waals surface area contributed by atoms with Gasteiger partial charge in [0.15, 0.2) is 0 Å². The van der Waals surface area contributed by atoms with Crippen LogP contribution < -0.4 is 0 Å². The van der Waals surface area contributed by atoms with Crippen LogP contribution in [0.1, 0.15) is 89.9 Å². The highest BCUT2D eigenvalue weighted by molar-refractivity contribution is 5.82. The van der Waals surface area contributed by atoms with E-state index < -0.39 is 0 Å². The number of ether oxygens (including phenoxy) is 2. The first kappa shape index (κ1) is 19.7. The van der Waals surface area contributed by atoms with E-state index in [1.165, 1.54) is 64.2 Å². The average Bonchev–Trinajstić information content (AvgIpc) is 2.72. The summed E-state index contributed by atoms with van der Waals surface area (Å²) in [5.41, 5.74) is 0. The van der Waals surface area contributed by atoms with Gasteiger partial charge in [0.05, 0.1) is 25.0 Å². The fourth-order valence-electron chi connectivity index (χ4n) is 5.02. The van der Waals surface area contributed by atoms with E-state index in [1.807, 2.05) is 0 Å². The van der Waals surface area contributed by atoms with Crippen molar-refractivity contribution in [3.8, 4) is 0 Å². The van der Waals surface area contributed by atoms with Crippen LogP contribution >= 0.6 is 0 Å². The molecule has 148 valence electrons. The van der Waals surface area contributed by atoms with Crippen molar-refractivity contribution in [2.24, 2.45) is 23.7 Å². The second-order valence-electron chi connectivity index (χ2n) is 8.77. The molecule has 3 rings (SSSR count). The van der Waals surface area contributed by atoms with Crippen molar-refractivity contribution >= 4 is 11.9 Å². The van der Waals surface area contributed by atoms with Crippen LogP contribution in [0, 0.1) is 23.7 Å². The SMILES string of the molecule is O=C(OCC1CCCCC1)C1CCCCC1C(=O)OCC1CCCCC1. The van der Waals surface area contributed by atoms with Crippen LogP contribution in [0.3, 0.4) is 0 Å². The monoisotopic (exact) mass is 364 g/mol. The van der Waals surface area contributed by atoms with E-state index in [-0.39, 0.29) is 23.8 Å². The summed E-state index contributed by atoms with van der Waals surface area (Å²) in [5.74, 6) is 0.156. The van der Waals surface area contributed by atoms with Crippen LogP contribution in [0.5, 0.6) is 0 Å². The summed E-state index contributed by atoms with van der Waals surface area (Å²) in [6.07, 6.45) is 15.9. The Kier molecular flexibility index (Phi) is 7.82. The molecule has 3 fully saturated rings. The van der Waals surface area contributed by atoms with Gasteiger partial charge in [0.2, 0.25) is 0 Å². The highest BCUT2D eigenvalue weighted by Gasteiger charge is 2.38. The van der Waals surface area contributed by atoms with Crippen molar-refractivity contribution in [1.82, 2.24) is 0 Å². The fraction of sp³-hybridized carbons (Fsp3) is 0.909. The Morgan fingerprint density at radius 1 is 0.538 bits per heavy atom. The van der Waals surface area contributed by atoms with Crippen LogP contribution in [0.4, 0.5) is 0 Å². The highest BCUT2D eigenvalue weighted by Crippen LogP contribution is 2.33. The molecule has 3 saturated carbocycles. The maximum absolute atomic E-state index is 12.6. The van der Waals surface area contributed by atoms with Crippen LogP contribution in [0.2, 0.25) is 0 Å². The molecule has 3 aliphatic rings. The quantitative estimate of drug-likeness (QED) is 0.620. The minimum Gasteiger partial charge on any atom is -0.465 e. The lowest BCUT2D eigenvalue weighted by molar-refractivity contribution is -0.164. The fourth-order valence-corrected chi connectivity index (χ4v) is 5.02. The number of rotatable bonds is 6. The minimum absolute atomic E-state index is 0.158. The Labute approximate surface area is 158 Å². The zero-order valence-electron chi connectivity index (χ0n) is 16.3. The molecule has 3 aliphatic carbocycles. The molecule has 0 aromatic carbocycles. The van der Waals surface area contributed by atoms with Crippen LogP contribution in [0.15, 0.2) is 0 Å². The van der Waals surface area contributed by atoms with Crippen LogP contribution in [0.25, 0.3) is 0 Å². The Morgan fingerprint density at radius 3 is 1.27 bits per heavy atom. The van der Waals surface area contributed by atoms with Crippen molar-refractivity contribution in [1.29, 1.82) is 0 Å². The minimum atomic E-state index is -0.286. The van der Waals surface area contributed by atoms with Crippen LogP contribution in [-0.2, 0) is 19.1 Å². The maximum atomic E-state index is 12.6. The van der Waals surface area contributed by atoms with Crippen molar-refractivity contribution in [3.63, 3.8) is 0 Å². The Morgan fingerprint density at radius 2 is 0.885 bits per heavy atom. The van der Waals surface area contributed by atoms with Gasteiger partial charge in [-0.15, -0.1) is 0 Å². The van der Waals surface area contributed by atoms with Crippen molar-refractivity contribution < 1.29 is 19.1 Å². The molecule has 0 saturated heterocycles. The molecule has 0 aromatic heterocycles. The summed E-state index contributed by atoms with van der Waals surface area (Å²) >= 11 is 0. The first-order valence-electron chi connectivity index (χ1n) is 11.1. The van der Waals surface area contributed by atoms with E-state index in [1.54, 1.807) is 0 Å². The molecular weight excluding hydrogens is 328 g/mol. The van der Waals surface area contributed by atoms with Crippen molar-refractivity contribution in [3.05, 3.63) is 0 Å². The van der Waals surface area contributed by atoms with Gasteiger partial charge in [0.1, 0.15) is 0 Å². The van der Waals surface area contributed by atoms with Gasteiger partial charge < -0.3 is 9.47 Å². The lowest BCUT2D eigenvalue weighted by Crippen LogP contribution is -2.36. The van der Waals surface area contributed by atoms with Gasteiger partial charge in [-0.05, 0) is 50.4 Å². The molecule has 0 amide bonds. The number of hydrogen-bond donors (Lipinski definition) is 0. The van der Waals surface area contributed by atoms with E-state index in [2.05, 4.69) is 0 Å². The van der Waals surface area contributed by atoms with Crippen molar-refractivity contribution in [2.45, 2.75) is 89.9 Å². The van der Waals surface area contributed by atoms with E-state index in [4.69, 9.17) is 9.47 Å². The molecule has 2 atom stereocenters. The van der Waals surface area contributed by atoms with Gasteiger partial charge in [-0.25, -0.2) is 0 Å². The summed E-state index contributed by atoms with van der Waals surface area (Å²) in [7, 11) is 0. The number of carbonyl (C=O) groups is 2. The van der Waals surface area contributed by atoms with Crippen LogP contribution in [-0.4, -0.2) is 25.2 Å². The first-order valence-corrected chi connectivity index (χ1v) is 11.1. The van der Waals surface area contributed by atoms with E-state index >= 15 is 0 Å². The largest absolute Gasteiger partial charge is 0.465 e. The predicted octanol–water partition coefficient (Wildman–Crippen LogP) is 5.04. The molecule has 26 heavy (non-hydrogen) atoms. The second-order valence-corrected chi connectivity index (χ2v) is 8.77. The van der Waals surface area contributed by atoms with E-state index in [0.29, 0.717) is 25.0 Å². The second kappa shape index (κ2) is 10.3.